The van der Waals surface area contributed by atoms with Crippen molar-refractivity contribution in [3.63, 3.8) is 0 Å². The number of hydrazine groups is 1. The van der Waals surface area contributed by atoms with Crippen LogP contribution in [0.1, 0.15) is 20.3 Å². The molecule has 0 bridgehead atoms. The van der Waals surface area contributed by atoms with Crippen LogP contribution in [0.4, 0.5) is 0 Å². The molecule has 0 atom stereocenters. The largest absolute Gasteiger partial charge is 0.386 e. The van der Waals surface area contributed by atoms with Gasteiger partial charge in [0.25, 0.3) is 0 Å². The Labute approximate surface area is 77.9 Å². The molecule has 0 aliphatic rings. The van der Waals surface area contributed by atoms with E-state index in [4.69, 9.17) is 11.6 Å². The minimum Gasteiger partial charge on any atom is -0.386 e. The van der Waals surface area contributed by atoms with E-state index in [9.17, 15) is 4.79 Å². The highest BCUT2D eigenvalue weighted by molar-refractivity contribution is 5.79. The topological polar surface area (TPSA) is 96.7 Å². The highest BCUT2D eigenvalue weighted by Crippen LogP contribution is 1.81. The Morgan fingerprint density at radius 3 is 2.69 bits per heavy atom. The average molecular weight is 187 g/mol. The molecule has 0 saturated heterocycles. The molecule has 0 saturated carbocycles. The minimum atomic E-state index is -0.0826. The first-order valence-corrected chi connectivity index (χ1v) is 4.16. The highest BCUT2D eigenvalue weighted by Gasteiger charge is 1.96. The molecule has 0 unspecified atom stereocenters. The number of hydrogen-bond donors (Lipinski definition) is 3. The smallest absolute Gasteiger partial charge is 0.216 e. The molecule has 0 aromatic rings. The van der Waals surface area contributed by atoms with Gasteiger partial charge in [0, 0.05) is 19.9 Å². The van der Waals surface area contributed by atoms with Crippen LogP contribution in [0.2, 0.25) is 0 Å². The van der Waals surface area contributed by atoms with Gasteiger partial charge >= 0.3 is 0 Å². The fourth-order valence-corrected chi connectivity index (χ4v) is 0.632. The molecule has 6 heteroatoms. The van der Waals surface area contributed by atoms with Gasteiger partial charge in [-0.1, -0.05) is 6.92 Å². The van der Waals surface area contributed by atoms with E-state index >= 15 is 0 Å². The summed E-state index contributed by atoms with van der Waals surface area (Å²) >= 11 is 0. The van der Waals surface area contributed by atoms with Crippen LogP contribution in [0.5, 0.6) is 0 Å². The Bertz CT molecular complexity index is 191. The predicted molar refractivity (Wildman–Crippen MR) is 51.5 cm³/mol. The molecule has 0 aromatic carbocycles. The molecule has 0 aliphatic carbocycles. The van der Waals surface area contributed by atoms with Crippen LogP contribution < -0.4 is 16.9 Å². The van der Waals surface area contributed by atoms with Crippen molar-refractivity contribution in [2.75, 3.05) is 13.1 Å². The van der Waals surface area contributed by atoms with Gasteiger partial charge in [0.05, 0.1) is 6.54 Å². The number of nitrogens with two attached hydrogens (primary N) is 2. The van der Waals surface area contributed by atoms with E-state index in [1.54, 1.807) is 0 Å². The van der Waals surface area contributed by atoms with E-state index < -0.39 is 0 Å². The lowest BCUT2D eigenvalue weighted by Gasteiger charge is -2.12. The van der Waals surface area contributed by atoms with Gasteiger partial charge < -0.3 is 11.1 Å². The van der Waals surface area contributed by atoms with Gasteiger partial charge in [-0.05, 0) is 0 Å². The second-order valence-electron chi connectivity index (χ2n) is 2.59. The minimum absolute atomic E-state index is 0.0826. The molecule has 0 aliphatic heterocycles. The van der Waals surface area contributed by atoms with Crippen molar-refractivity contribution >= 4 is 11.7 Å². The molecular weight excluding hydrogens is 170 g/mol. The van der Waals surface area contributed by atoms with Crippen molar-refractivity contribution in [3.8, 4) is 0 Å². The summed E-state index contributed by atoms with van der Waals surface area (Å²) in [5.74, 6) is 5.85. The molecule has 76 valence electrons. The van der Waals surface area contributed by atoms with Gasteiger partial charge in [-0.2, -0.15) is 0 Å². The third-order valence-electron chi connectivity index (χ3n) is 1.33. The molecule has 0 aromatic heterocycles. The molecular formula is C7H17N5O. The zero-order valence-electron chi connectivity index (χ0n) is 8.08. The van der Waals surface area contributed by atoms with E-state index in [1.807, 2.05) is 6.92 Å². The molecule has 0 rings (SSSR count). The van der Waals surface area contributed by atoms with Gasteiger partial charge in [0.2, 0.25) is 5.91 Å². The number of amidine groups is 1. The van der Waals surface area contributed by atoms with Crippen molar-refractivity contribution in [1.29, 1.82) is 0 Å². The summed E-state index contributed by atoms with van der Waals surface area (Å²) in [5, 5.41) is 7.66. The second-order valence-corrected chi connectivity index (χ2v) is 2.59. The molecule has 0 radical (unpaired) electrons. The Balaban J connectivity index is 3.62. The zero-order valence-corrected chi connectivity index (χ0v) is 8.08. The SMILES string of the molecule is CC/C(N)=N/N(N)CCNC(C)=O. The molecule has 1 amide bonds. The fourth-order valence-electron chi connectivity index (χ4n) is 0.632. The molecule has 0 heterocycles. The van der Waals surface area contributed by atoms with Gasteiger partial charge in [-0.25, -0.2) is 11.0 Å². The van der Waals surface area contributed by atoms with Crippen LogP contribution in [0.25, 0.3) is 0 Å². The number of rotatable bonds is 5. The summed E-state index contributed by atoms with van der Waals surface area (Å²) in [6, 6.07) is 0. The normalized spacial score (nSPS) is 11.2. The lowest BCUT2D eigenvalue weighted by Crippen LogP contribution is -2.36. The fraction of sp³-hybridized carbons (Fsp3) is 0.714. The first-order valence-electron chi connectivity index (χ1n) is 4.16. The van der Waals surface area contributed by atoms with E-state index in [2.05, 4.69) is 10.4 Å². The molecule has 5 N–H and O–H groups in total. The van der Waals surface area contributed by atoms with Crippen molar-refractivity contribution < 1.29 is 4.79 Å². The Hall–Kier alpha value is -1.30. The number of carbonyl (C=O) groups excluding carboxylic acids is 1. The summed E-state index contributed by atoms with van der Waals surface area (Å²) in [6.45, 7) is 4.25. The van der Waals surface area contributed by atoms with Crippen LogP contribution in [-0.4, -0.2) is 30.0 Å². The standard InChI is InChI=1S/C7H17N5O/c1-3-7(8)11-12(9)5-4-10-6(2)13/h3-5,9H2,1-2H3,(H2,8,11)(H,10,13). The quantitative estimate of drug-likeness (QED) is 0.222. The Kier molecular flexibility index (Phi) is 5.62. The maximum Gasteiger partial charge on any atom is 0.216 e. The Morgan fingerprint density at radius 2 is 2.23 bits per heavy atom. The van der Waals surface area contributed by atoms with Crippen LogP contribution in [0.3, 0.4) is 0 Å². The zero-order chi connectivity index (χ0) is 10.3. The van der Waals surface area contributed by atoms with Crippen LogP contribution in [-0.2, 0) is 4.79 Å². The van der Waals surface area contributed by atoms with Crippen LogP contribution >= 0.6 is 0 Å². The summed E-state index contributed by atoms with van der Waals surface area (Å²) in [4.78, 5) is 10.5. The number of hydrogen-bond acceptors (Lipinski definition) is 4. The molecule has 13 heavy (non-hydrogen) atoms. The summed E-state index contributed by atoms with van der Waals surface area (Å²) in [7, 11) is 0. The van der Waals surface area contributed by atoms with E-state index in [0.717, 1.165) is 0 Å². The summed E-state index contributed by atoms with van der Waals surface area (Å²) in [6.07, 6.45) is 0.661. The molecule has 6 nitrogen and oxygen atoms in total. The number of nitrogens with one attached hydrogen (secondary N) is 1. The maximum absolute atomic E-state index is 10.5. The molecule has 0 spiro atoms. The van der Waals surface area contributed by atoms with Gasteiger partial charge in [0.1, 0.15) is 5.84 Å². The van der Waals surface area contributed by atoms with E-state index in [1.165, 1.54) is 12.0 Å². The predicted octanol–water partition coefficient (Wildman–Crippen LogP) is -1.02. The van der Waals surface area contributed by atoms with Gasteiger partial charge in [-0.15, -0.1) is 5.10 Å². The Morgan fingerprint density at radius 1 is 1.62 bits per heavy atom. The number of nitrogens with zero attached hydrogens (tertiary/aromatic N) is 2. The summed E-state index contributed by atoms with van der Waals surface area (Å²) in [5.41, 5.74) is 5.45. The number of hydrazone groups is 1. The third kappa shape index (κ3) is 7.07. The second kappa shape index (κ2) is 6.24. The lowest BCUT2D eigenvalue weighted by molar-refractivity contribution is -0.119. The van der Waals surface area contributed by atoms with Crippen LogP contribution in [0.15, 0.2) is 5.10 Å². The van der Waals surface area contributed by atoms with Crippen molar-refractivity contribution in [3.05, 3.63) is 0 Å². The van der Waals surface area contributed by atoms with E-state index in [0.29, 0.717) is 25.3 Å². The first-order chi connectivity index (χ1) is 6.06. The lowest BCUT2D eigenvalue weighted by atomic mass is 10.5. The van der Waals surface area contributed by atoms with Crippen LogP contribution in [0, 0.1) is 0 Å². The average Bonchev–Trinajstić information content (AvgIpc) is 2.03. The highest BCUT2D eigenvalue weighted by atomic mass is 16.1. The summed E-state index contributed by atoms with van der Waals surface area (Å²) < 4.78 is 0. The van der Waals surface area contributed by atoms with Crippen molar-refractivity contribution in [2.24, 2.45) is 16.7 Å². The number of carbonyl (C=O) groups is 1. The van der Waals surface area contributed by atoms with E-state index in [-0.39, 0.29) is 5.91 Å². The maximum atomic E-state index is 10.5. The van der Waals surface area contributed by atoms with Gasteiger partial charge in [-0.3, -0.25) is 4.79 Å². The third-order valence-corrected chi connectivity index (χ3v) is 1.33. The molecule has 0 fully saturated rings. The van der Waals surface area contributed by atoms with Crippen molar-refractivity contribution in [2.45, 2.75) is 20.3 Å². The van der Waals surface area contributed by atoms with Crippen molar-refractivity contribution in [1.82, 2.24) is 10.4 Å². The van der Waals surface area contributed by atoms with Gasteiger partial charge in [0.15, 0.2) is 0 Å². The monoisotopic (exact) mass is 187 g/mol. The number of amides is 1. The first kappa shape index (κ1) is 11.7.